The SMILES string of the molecule is COc1cccc(CNC(=O)C(C)N(C)CCCc2cc(-c3ccc(F)cc3)n[nH]2)c1. The molecule has 1 heterocycles. The molecule has 0 bridgehead atoms. The molecule has 0 aliphatic rings. The molecular weight excluding hydrogens is 395 g/mol. The molecule has 0 saturated carbocycles. The van der Waals surface area contributed by atoms with E-state index in [0.29, 0.717) is 6.54 Å². The number of methoxy groups -OCH3 is 1. The smallest absolute Gasteiger partial charge is 0.237 e. The number of halogens is 1. The summed E-state index contributed by atoms with van der Waals surface area (Å²) in [5.41, 5.74) is 3.69. The minimum atomic E-state index is -0.260. The van der Waals surface area contributed by atoms with Crippen molar-refractivity contribution in [3.8, 4) is 17.0 Å². The van der Waals surface area contributed by atoms with Crippen LogP contribution in [-0.4, -0.2) is 47.7 Å². The van der Waals surface area contributed by atoms with Crippen LogP contribution in [0.2, 0.25) is 0 Å². The summed E-state index contributed by atoms with van der Waals surface area (Å²) in [5.74, 6) is 0.507. The van der Waals surface area contributed by atoms with Crippen molar-refractivity contribution in [2.45, 2.75) is 32.4 Å². The number of carbonyl (C=O) groups is 1. The van der Waals surface area contributed by atoms with Gasteiger partial charge in [0.15, 0.2) is 0 Å². The molecule has 1 unspecified atom stereocenters. The third-order valence-corrected chi connectivity index (χ3v) is 5.37. The van der Waals surface area contributed by atoms with Crippen molar-refractivity contribution in [2.75, 3.05) is 20.7 Å². The second-order valence-corrected chi connectivity index (χ2v) is 7.61. The number of aryl methyl sites for hydroxylation is 1. The average molecular weight is 425 g/mol. The fraction of sp³-hybridized carbons (Fsp3) is 0.333. The van der Waals surface area contributed by atoms with Crippen molar-refractivity contribution in [1.29, 1.82) is 0 Å². The van der Waals surface area contributed by atoms with E-state index in [-0.39, 0.29) is 17.8 Å². The molecule has 0 aliphatic heterocycles. The Hall–Kier alpha value is -3.19. The Kier molecular flexibility index (Phi) is 7.78. The van der Waals surface area contributed by atoms with Crippen molar-refractivity contribution in [3.05, 3.63) is 71.7 Å². The van der Waals surface area contributed by atoms with Gasteiger partial charge in [0.1, 0.15) is 11.6 Å². The van der Waals surface area contributed by atoms with Gasteiger partial charge in [-0.05, 0) is 81.4 Å². The van der Waals surface area contributed by atoms with E-state index in [4.69, 9.17) is 4.74 Å². The first-order chi connectivity index (χ1) is 15.0. The first-order valence-corrected chi connectivity index (χ1v) is 10.4. The van der Waals surface area contributed by atoms with Crippen LogP contribution in [0.15, 0.2) is 54.6 Å². The first kappa shape index (κ1) is 22.5. The summed E-state index contributed by atoms with van der Waals surface area (Å²) in [6, 6.07) is 15.7. The topological polar surface area (TPSA) is 70.2 Å². The zero-order chi connectivity index (χ0) is 22.2. The van der Waals surface area contributed by atoms with Crippen molar-refractivity contribution in [1.82, 2.24) is 20.4 Å². The van der Waals surface area contributed by atoms with Gasteiger partial charge in [0.05, 0.1) is 18.8 Å². The van der Waals surface area contributed by atoms with Crippen LogP contribution >= 0.6 is 0 Å². The van der Waals surface area contributed by atoms with Gasteiger partial charge in [-0.2, -0.15) is 5.10 Å². The molecule has 0 saturated heterocycles. The van der Waals surface area contributed by atoms with Gasteiger partial charge in [-0.15, -0.1) is 0 Å². The standard InChI is InChI=1S/C24H29FN4O2/c1-17(24(30)26-16-18-6-4-8-22(14-18)31-3)29(2)13-5-7-21-15-23(28-27-21)19-9-11-20(25)12-10-19/h4,6,8-12,14-15,17H,5,7,13,16H2,1-3H3,(H,26,30)(H,27,28). The fourth-order valence-electron chi connectivity index (χ4n) is 3.29. The minimum Gasteiger partial charge on any atom is -0.497 e. The Labute approximate surface area is 182 Å². The lowest BCUT2D eigenvalue weighted by molar-refractivity contribution is -0.125. The van der Waals surface area contributed by atoms with E-state index in [2.05, 4.69) is 15.5 Å². The summed E-state index contributed by atoms with van der Waals surface area (Å²) in [7, 11) is 3.58. The number of carbonyl (C=O) groups excluding carboxylic acids is 1. The van der Waals surface area contributed by atoms with Gasteiger partial charge in [-0.25, -0.2) is 4.39 Å². The number of likely N-dealkylation sites (N-methyl/N-ethyl adjacent to an activating group) is 1. The van der Waals surface area contributed by atoms with E-state index < -0.39 is 0 Å². The molecule has 0 aliphatic carbocycles. The lowest BCUT2D eigenvalue weighted by Gasteiger charge is -2.23. The molecule has 1 amide bonds. The number of ether oxygens (including phenoxy) is 1. The predicted molar refractivity (Wildman–Crippen MR) is 119 cm³/mol. The molecule has 164 valence electrons. The zero-order valence-electron chi connectivity index (χ0n) is 18.2. The van der Waals surface area contributed by atoms with E-state index in [0.717, 1.165) is 47.7 Å². The number of nitrogens with zero attached hydrogens (tertiary/aromatic N) is 2. The number of amides is 1. The van der Waals surface area contributed by atoms with Gasteiger partial charge in [0, 0.05) is 17.8 Å². The van der Waals surface area contributed by atoms with Gasteiger partial charge in [0.25, 0.3) is 0 Å². The van der Waals surface area contributed by atoms with E-state index in [1.54, 1.807) is 19.2 Å². The van der Waals surface area contributed by atoms with Crippen LogP contribution in [0.4, 0.5) is 4.39 Å². The van der Waals surface area contributed by atoms with Gasteiger partial charge >= 0.3 is 0 Å². The molecule has 0 fully saturated rings. The number of hydrogen-bond donors (Lipinski definition) is 2. The summed E-state index contributed by atoms with van der Waals surface area (Å²) >= 11 is 0. The van der Waals surface area contributed by atoms with Gasteiger partial charge in [-0.3, -0.25) is 14.8 Å². The van der Waals surface area contributed by atoms with E-state index in [1.165, 1.54) is 12.1 Å². The maximum absolute atomic E-state index is 13.1. The van der Waals surface area contributed by atoms with E-state index >= 15 is 0 Å². The first-order valence-electron chi connectivity index (χ1n) is 10.4. The largest absolute Gasteiger partial charge is 0.497 e. The summed E-state index contributed by atoms with van der Waals surface area (Å²) in [6.45, 7) is 3.15. The van der Waals surface area contributed by atoms with Gasteiger partial charge in [-0.1, -0.05) is 12.1 Å². The van der Waals surface area contributed by atoms with Crippen LogP contribution in [0.25, 0.3) is 11.3 Å². The highest BCUT2D eigenvalue weighted by atomic mass is 19.1. The van der Waals surface area contributed by atoms with E-state index in [1.807, 2.05) is 49.2 Å². The lowest BCUT2D eigenvalue weighted by Crippen LogP contribution is -2.43. The van der Waals surface area contributed by atoms with Crippen LogP contribution in [0, 0.1) is 5.82 Å². The molecule has 1 aromatic heterocycles. The number of rotatable bonds is 10. The summed E-state index contributed by atoms with van der Waals surface area (Å²) in [4.78, 5) is 14.5. The zero-order valence-corrected chi connectivity index (χ0v) is 18.2. The van der Waals surface area contributed by atoms with Crippen molar-refractivity contribution >= 4 is 5.91 Å². The molecule has 0 radical (unpaired) electrons. The second kappa shape index (κ2) is 10.7. The number of nitrogens with one attached hydrogen (secondary N) is 2. The minimum absolute atomic E-state index is 0.00884. The normalized spacial score (nSPS) is 12.0. The summed E-state index contributed by atoms with van der Waals surface area (Å²) < 4.78 is 18.3. The Balaban J connectivity index is 1.43. The highest BCUT2D eigenvalue weighted by Crippen LogP contribution is 2.18. The number of hydrogen-bond acceptors (Lipinski definition) is 4. The van der Waals surface area contributed by atoms with Crippen LogP contribution in [0.1, 0.15) is 24.6 Å². The maximum atomic E-state index is 13.1. The van der Waals surface area contributed by atoms with Crippen LogP contribution in [0.5, 0.6) is 5.75 Å². The molecule has 3 rings (SSSR count). The summed E-state index contributed by atoms with van der Waals surface area (Å²) in [5, 5.41) is 10.3. The van der Waals surface area contributed by atoms with Crippen LogP contribution in [-0.2, 0) is 17.8 Å². The van der Waals surface area contributed by atoms with Crippen LogP contribution in [0.3, 0.4) is 0 Å². The lowest BCUT2D eigenvalue weighted by atomic mass is 10.1. The highest BCUT2D eigenvalue weighted by Gasteiger charge is 2.17. The molecule has 0 spiro atoms. The number of H-pyrrole nitrogens is 1. The predicted octanol–water partition coefficient (Wildman–Crippen LogP) is 3.79. The fourth-order valence-corrected chi connectivity index (χ4v) is 3.29. The Morgan fingerprint density at radius 3 is 2.74 bits per heavy atom. The highest BCUT2D eigenvalue weighted by molar-refractivity contribution is 5.81. The third-order valence-electron chi connectivity index (χ3n) is 5.37. The molecule has 1 atom stereocenters. The molecule has 2 N–H and O–H groups in total. The quantitative estimate of drug-likeness (QED) is 0.520. The summed E-state index contributed by atoms with van der Waals surface area (Å²) in [6.07, 6.45) is 1.70. The number of benzene rings is 2. The van der Waals surface area contributed by atoms with Gasteiger partial charge in [0.2, 0.25) is 5.91 Å². The molecule has 7 heteroatoms. The molecule has 3 aromatic rings. The van der Waals surface area contributed by atoms with Gasteiger partial charge < -0.3 is 10.1 Å². The van der Waals surface area contributed by atoms with Crippen molar-refractivity contribution < 1.29 is 13.9 Å². The monoisotopic (exact) mass is 424 g/mol. The molecule has 6 nitrogen and oxygen atoms in total. The molecular formula is C24H29FN4O2. The third kappa shape index (κ3) is 6.39. The number of aromatic nitrogens is 2. The van der Waals surface area contributed by atoms with Crippen LogP contribution < -0.4 is 10.1 Å². The van der Waals surface area contributed by atoms with Crippen molar-refractivity contribution in [3.63, 3.8) is 0 Å². The van der Waals surface area contributed by atoms with E-state index in [9.17, 15) is 9.18 Å². The molecule has 2 aromatic carbocycles. The Morgan fingerprint density at radius 2 is 2.00 bits per heavy atom. The second-order valence-electron chi connectivity index (χ2n) is 7.61. The molecule has 31 heavy (non-hydrogen) atoms. The Bertz CT molecular complexity index is 987. The van der Waals surface area contributed by atoms with Crippen molar-refractivity contribution in [2.24, 2.45) is 0 Å². The average Bonchev–Trinajstić information content (AvgIpc) is 3.26. The Morgan fingerprint density at radius 1 is 1.23 bits per heavy atom. The maximum Gasteiger partial charge on any atom is 0.237 e. The number of aromatic amines is 1.